The van der Waals surface area contributed by atoms with Crippen LogP contribution >= 0.6 is 8.17 Å². The van der Waals surface area contributed by atoms with Gasteiger partial charge in [0.05, 0.1) is 0 Å². The molecule has 9 nitrogen and oxygen atoms in total. The first-order chi connectivity index (χ1) is 12.4. The van der Waals surface area contributed by atoms with E-state index in [0.29, 0.717) is 5.75 Å². The van der Waals surface area contributed by atoms with E-state index in [-0.39, 0.29) is 13.0 Å². The number of aromatic nitrogens is 2. The molecular weight excluding hydrogens is 370 g/mol. The molecule has 0 bridgehead atoms. The fourth-order valence-electron chi connectivity index (χ4n) is 2.92. The summed E-state index contributed by atoms with van der Waals surface area (Å²) in [4.78, 5) is 35.4. The third-order valence-corrected chi connectivity index (χ3v) is 5.76. The Morgan fingerprint density at radius 2 is 2.04 bits per heavy atom. The molecule has 1 aromatic carbocycles. The van der Waals surface area contributed by atoms with E-state index >= 15 is 0 Å². The number of hydrogen-bond donors (Lipinski definition) is 2. The fraction of sp³-hybridized carbons (Fsp3) is 0.333. The number of halogens is 1. The summed E-state index contributed by atoms with van der Waals surface area (Å²) in [5, 5.41) is 0. The van der Waals surface area contributed by atoms with Crippen molar-refractivity contribution in [3.63, 3.8) is 0 Å². The van der Waals surface area contributed by atoms with Gasteiger partial charge < -0.3 is 0 Å². The molecule has 11 heteroatoms. The van der Waals surface area contributed by atoms with Crippen molar-refractivity contribution in [2.24, 2.45) is 0 Å². The molecule has 0 saturated carbocycles. The van der Waals surface area contributed by atoms with E-state index in [4.69, 9.17) is 18.3 Å². The predicted octanol–water partition coefficient (Wildman–Crippen LogP) is 0.860. The predicted molar refractivity (Wildman–Crippen MR) is 88.2 cm³/mol. The van der Waals surface area contributed by atoms with Gasteiger partial charge in [0.1, 0.15) is 0 Å². The Hall–Kier alpha value is -2.10. The SMILES string of the molecule is O=c1[nH]c(=O)n([C@H]2C[C@@H]3O[PH](O)(Oc4ccccc4)OC[C@H]3O2)cc1F. The molecule has 2 aliphatic heterocycles. The van der Waals surface area contributed by atoms with Crippen LogP contribution in [-0.2, 0) is 13.8 Å². The van der Waals surface area contributed by atoms with Crippen LogP contribution in [0.5, 0.6) is 5.75 Å². The van der Waals surface area contributed by atoms with Crippen LogP contribution in [0, 0.1) is 5.82 Å². The molecule has 0 aliphatic carbocycles. The molecule has 3 heterocycles. The number of ether oxygens (including phenoxy) is 1. The van der Waals surface area contributed by atoms with Gasteiger partial charge in [-0.1, -0.05) is 0 Å². The summed E-state index contributed by atoms with van der Waals surface area (Å²) in [5.41, 5.74) is -1.90. The van der Waals surface area contributed by atoms with Crippen molar-refractivity contribution in [1.82, 2.24) is 9.55 Å². The summed E-state index contributed by atoms with van der Waals surface area (Å²) in [5.74, 6) is -0.701. The monoisotopic (exact) mass is 386 g/mol. The van der Waals surface area contributed by atoms with E-state index in [1.807, 2.05) is 4.98 Å². The van der Waals surface area contributed by atoms with E-state index in [1.165, 1.54) is 0 Å². The minimum absolute atomic E-state index is 0.00267. The number of hydrogen-bond acceptors (Lipinski definition) is 7. The Bertz CT molecular complexity index is 920. The number of rotatable bonds is 3. The van der Waals surface area contributed by atoms with Crippen LogP contribution in [0.2, 0.25) is 0 Å². The quantitative estimate of drug-likeness (QED) is 0.753. The van der Waals surface area contributed by atoms with Gasteiger partial charge in [0, 0.05) is 0 Å². The van der Waals surface area contributed by atoms with Gasteiger partial charge in [-0.3, -0.25) is 0 Å². The molecule has 3 atom stereocenters. The standard InChI is InChI=1S/C15H16FN2O7P/c16-10-7-18(15(20)17-14(10)19)13-6-11-12(23-13)8-22-26(21,25-11)24-9-4-2-1-3-5-9/h1-5,7,11-13,21,26H,6,8H2,(H,17,19,20)/t11-,12+,13+/m0/s1. The first-order valence-corrected chi connectivity index (χ1v) is 9.55. The van der Waals surface area contributed by atoms with Crippen molar-refractivity contribution in [1.29, 1.82) is 0 Å². The fourth-order valence-corrected chi connectivity index (χ4v) is 4.54. The molecule has 0 amide bonds. The van der Waals surface area contributed by atoms with Crippen molar-refractivity contribution in [3.8, 4) is 5.75 Å². The van der Waals surface area contributed by atoms with E-state index in [1.54, 1.807) is 30.3 Å². The van der Waals surface area contributed by atoms with Gasteiger partial charge in [0.15, 0.2) is 0 Å². The normalized spacial score (nSPS) is 28.3. The number of fused-ring (bicyclic) bond motifs is 1. The Morgan fingerprint density at radius 1 is 1.27 bits per heavy atom. The molecular formula is C15H16FN2O7P. The van der Waals surface area contributed by atoms with E-state index in [9.17, 15) is 18.9 Å². The van der Waals surface area contributed by atoms with Crippen LogP contribution in [0.25, 0.3) is 0 Å². The van der Waals surface area contributed by atoms with Crippen LogP contribution in [0.1, 0.15) is 12.6 Å². The Balaban J connectivity index is 1.50. The molecule has 2 fully saturated rings. The van der Waals surface area contributed by atoms with Crippen molar-refractivity contribution < 1.29 is 27.6 Å². The minimum atomic E-state index is -3.93. The molecule has 2 saturated heterocycles. The van der Waals surface area contributed by atoms with Crippen LogP contribution in [-0.4, -0.2) is 33.3 Å². The first kappa shape index (κ1) is 17.3. The van der Waals surface area contributed by atoms with Crippen LogP contribution in [0.15, 0.2) is 46.1 Å². The van der Waals surface area contributed by atoms with E-state index < -0.39 is 43.7 Å². The maximum absolute atomic E-state index is 13.5. The van der Waals surface area contributed by atoms with Crippen molar-refractivity contribution in [3.05, 3.63) is 63.2 Å². The van der Waals surface area contributed by atoms with E-state index in [2.05, 4.69) is 0 Å². The molecule has 2 aromatic rings. The van der Waals surface area contributed by atoms with Crippen molar-refractivity contribution >= 4 is 8.17 Å². The number of H-pyrrole nitrogens is 1. The maximum atomic E-state index is 13.5. The number of nitrogens with one attached hydrogen (secondary N) is 1. The summed E-state index contributed by atoms with van der Waals surface area (Å²) in [6.07, 6.45) is -1.08. The molecule has 4 rings (SSSR count). The summed E-state index contributed by atoms with van der Waals surface area (Å²) >= 11 is 0. The Kier molecular flexibility index (Phi) is 4.37. The van der Waals surface area contributed by atoms with Gasteiger partial charge in [-0.2, -0.15) is 0 Å². The van der Waals surface area contributed by atoms with Crippen LogP contribution < -0.4 is 15.8 Å². The van der Waals surface area contributed by atoms with Crippen LogP contribution in [0.3, 0.4) is 0 Å². The third-order valence-electron chi connectivity index (χ3n) is 4.14. The Labute approximate surface area is 146 Å². The number of aromatic amines is 1. The second-order valence-electron chi connectivity index (χ2n) is 5.91. The van der Waals surface area contributed by atoms with Gasteiger partial charge in [-0.05, 0) is 0 Å². The zero-order valence-electron chi connectivity index (χ0n) is 13.3. The molecule has 2 N–H and O–H groups in total. The van der Waals surface area contributed by atoms with Crippen LogP contribution in [0.4, 0.5) is 4.39 Å². The van der Waals surface area contributed by atoms with Gasteiger partial charge in [-0.25, -0.2) is 0 Å². The molecule has 0 spiro atoms. The van der Waals surface area contributed by atoms with Crippen molar-refractivity contribution in [2.45, 2.75) is 24.9 Å². The third kappa shape index (κ3) is 3.29. The summed E-state index contributed by atoms with van der Waals surface area (Å²) < 4.78 is 36.5. The Morgan fingerprint density at radius 3 is 2.81 bits per heavy atom. The van der Waals surface area contributed by atoms with Gasteiger partial charge >= 0.3 is 146 Å². The average Bonchev–Trinajstić information content (AvgIpc) is 3.01. The molecule has 1 aromatic heterocycles. The van der Waals surface area contributed by atoms with Gasteiger partial charge in [0.2, 0.25) is 0 Å². The topological polar surface area (TPSA) is 112 Å². The van der Waals surface area contributed by atoms with Crippen molar-refractivity contribution in [2.75, 3.05) is 6.61 Å². The second-order valence-corrected chi connectivity index (χ2v) is 7.69. The number of para-hydroxylation sites is 1. The molecule has 0 unspecified atom stereocenters. The molecule has 140 valence electrons. The zero-order valence-corrected chi connectivity index (χ0v) is 14.3. The van der Waals surface area contributed by atoms with Gasteiger partial charge in [-0.15, -0.1) is 0 Å². The first-order valence-electron chi connectivity index (χ1n) is 7.88. The molecule has 0 radical (unpaired) electrons. The number of nitrogens with zero attached hydrogens (tertiary/aromatic N) is 1. The molecule has 26 heavy (non-hydrogen) atoms. The summed E-state index contributed by atoms with van der Waals surface area (Å²) in [6, 6.07) is 8.59. The molecule has 2 aliphatic rings. The van der Waals surface area contributed by atoms with Gasteiger partial charge in [0.25, 0.3) is 0 Å². The number of benzene rings is 1. The zero-order chi connectivity index (χ0) is 18.3. The average molecular weight is 386 g/mol. The summed E-state index contributed by atoms with van der Waals surface area (Å²) in [7, 11) is -3.93. The summed E-state index contributed by atoms with van der Waals surface area (Å²) in [6.45, 7) is -0.00267. The second kappa shape index (κ2) is 6.57. The van der Waals surface area contributed by atoms with E-state index in [0.717, 1.165) is 10.8 Å².